The van der Waals surface area contributed by atoms with E-state index in [4.69, 9.17) is 15.9 Å². The predicted molar refractivity (Wildman–Crippen MR) is 56.6 cm³/mol. The van der Waals surface area contributed by atoms with Crippen molar-refractivity contribution in [1.29, 1.82) is 0 Å². The third-order valence-corrected chi connectivity index (χ3v) is 2.23. The molecule has 4 heteroatoms. The Hall–Kier alpha value is -0.610. The quantitative estimate of drug-likeness (QED) is 0.625. The molecule has 0 aliphatic rings. The van der Waals surface area contributed by atoms with Crippen molar-refractivity contribution >= 4 is 5.91 Å². The summed E-state index contributed by atoms with van der Waals surface area (Å²) in [5, 5.41) is 16.7. The molecule has 0 aromatic carbocycles. The van der Waals surface area contributed by atoms with Gasteiger partial charge in [-0.3, -0.25) is 4.79 Å². The molecule has 14 heavy (non-hydrogen) atoms. The summed E-state index contributed by atoms with van der Waals surface area (Å²) in [5.41, 5.74) is 4.65. The normalized spacial score (nSPS) is 12.7. The van der Waals surface area contributed by atoms with Gasteiger partial charge in [-0.15, -0.1) is 0 Å². The molecule has 0 rings (SSSR count). The Morgan fingerprint density at radius 2 is 1.79 bits per heavy atom. The number of carbonyl (C=O) groups is 1. The van der Waals surface area contributed by atoms with Crippen molar-refractivity contribution in [2.75, 3.05) is 13.2 Å². The lowest BCUT2D eigenvalue weighted by Crippen LogP contribution is -2.35. The fourth-order valence-corrected chi connectivity index (χ4v) is 0.522. The van der Waals surface area contributed by atoms with Crippen molar-refractivity contribution in [2.24, 2.45) is 17.1 Å². The van der Waals surface area contributed by atoms with Crippen LogP contribution in [0.1, 0.15) is 34.1 Å². The van der Waals surface area contributed by atoms with Crippen LogP contribution in [0.25, 0.3) is 0 Å². The van der Waals surface area contributed by atoms with E-state index in [9.17, 15) is 4.79 Å². The van der Waals surface area contributed by atoms with Crippen molar-refractivity contribution in [3.8, 4) is 0 Å². The van der Waals surface area contributed by atoms with E-state index in [2.05, 4.69) is 0 Å². The first-order valence-corrected chi connectivity index (χ1v) is 4.84. The van der Waals surface area contributed by atoms with Gasteiger partial charge in [-0.25, -0.2) is 0 Å². The lowest BCUT2D eigenvalue weighted by atomic mass is 9.80. The van der Waals surface area contributed by atoms with E-state index in [0.717, 1.165) is 6.42 Å². The van der Waals surface area contributed by atoms with Crippen LogP contribution in [0.4, 0.5) is 0 Å². The molecule has 0 aromatic rings. The third kappa shape index (κ3) is 6.86. The van der Waals surface area contributed by atoms with Crippen LogP contribution in [0.5, 0.6) is 0 Å². The van der Waals surface area contributed by atoms with Crippen molar-refractivity contribution in [3.05, 3.63) is 0 Å². The van der Waals surface area contributed by atoms with Crippen molar-refractivity contribution in [3.63, 3.8) is 0 Å². The van der Waals surface area contributed by atoms with Crippen LogP contribution < -0.4 is 5.73 Å². The van der Waals surface area contributed by atoms with E-state index in [1.807, 2.05) is 20.8 Å². The molecule has 0 saturated carbocycles. The van der Waals surface area contributed by atoms with E-state index in [1.165, 1.54) is 0 Å². The number of primary amides is 1. The minimum Gasteiger partial charge on any atom is -0.396 e. The maximum Gasteiger partial charge on any atom is 0.220 e. The summed E-state index contributed by atoms with van der Waals surface area (Å²) in [6.07, 6.45) is 0.875. The lowest BCUT2D eigenvalue weighted by Gasteiger charge is -2.26. The summed E-state index contributed by atoms with van der Waals surface area (Å²) in [7, 11) is 0. The highest BCUT2D eigenvalue weighted by Crippen LogP contribution is 2.24. The first kappa shape index (κ1) is 15.8. The number of hydrogen-bond acceptors (Lipinski definition) is 3. The molecule has 1 unspecified atom stereocenters. The van der Waals surface area contributed by atoms with Gasteiger partial charge in [0, 0.05) is 19.1 Å². The second-order valence-corrected chi connectivity index (χ2v) is 3.99. The van der Waals surface area contributed by atoms with Gasteiger partial charge in [0.05, 0.1) is 0 Å². The topological polar surface area (TPSA) is 83.6 Å². The zero-order valence-corrected chi connectivity index (χ0v) is 9.58. The van der Waals surface area contributed by atoms with Gasteiger partial charge in [-0.1, -0.05) is 27.7 Å². The summed E-state index contributed by atoms with van der Waals surface area (Å²) in [6, 6.07) is 0. The van der Waals surface area contributed by atoms with Crippen LogP contribution in [0.3, 0.4) is 0 Å². The fourth-order valence-electron chi connectivity index (χ4n) is 0.522. The second kappa shape index (κ2) is 7.76. The molecule has 4 N–H and O–H groups in total. The Labute approximate surface area is 86.1 Å². The molecule has 1 atom stereocenters. The number of aliphatic hydroxyl groups excluding tert-OH is 2. The molecular formula is C10H23NO3. The molecule has 1 amide bonds. The Kier molecular flexibility index (Phi) is 8.79. The first-order valence-electron chi connectivity index (χ1n) is 4.84. The maximum absolute atomic E-state index is 10.6. The average molecular weight is 205 g/mol. The zero-order valence-electron chi connectivity index (χ0n) is 9.58. The van der Waals surface area contributed by atoms with Crippen molar-refractivity contribution in [2.45, 2.75) is 34.1 Å². The number of amides is 1. The SMILES string of the molecule is CC(C(N)=O)C(C)(C)CO.CCCO. The molecule has 0 saturated heterocycles. The molecular weight excluding hydrogens is 182 g/mol. The molecule has 0 heterocycles. The van der Waals surface area contributed by atoms with Crippen LogP contribution in [0, 0.1) is 11.3 Å². The van der Waals surface area contributed by atoms with Gasteiger partial charge in [-0.2, -0.15) is 0 Å². The molecule has 0 radical (unpaired) electrons. The first-order chi connectivity index (χ1) is 6.33. The van der Waals surface area contributed by atoms with Crippen LogP contribution in [0.15, 0.2) is 0 Å². The van der Waals surface area contributed by atoms with Crippen LogP contribution in [0.2, 0.25) is 0 Å². The number of carbonyl (C=O) groups excluding carboxylic acids is 1. The molecule has 0 aliphatic heterocycles. The molecule has 0 aromatic heterocycles. The highest BCUT2D eigenvalue weighted by atomic mass is 16.3. The largest absolute Gasteiger partial charge is 0.396 e. The van der Waals surface area contributed by atoms with E-state index in [0.29, 0.717) is 6.61 Å². The Morgan fingerprint density at radius 1 is 1.43 bits per heavy atom. The van der Waals surface area contributed by atoms with Crippen LogP contribution in [-0.2, 0) is 4.79 Å². The maximum atomic E-state index is 10.6. The van der Waals surface area contributed by atoms with Gasteiger partial charge < -0.3 is 15.9 Å². The van der Waals surface area contributed by atoms with E-state index in [-0.39, 0.29) is 18.4 Å². The summed E-state index contributed by atoms with van der Waals surface area (Å²) in [6.45, 7) is 7.57. The number of aliphatic hydroxyl groups is 2. The number of nitrogens with two attached hydrogens (primary N) is 1. The predicted octanol–water partition coefficient (Wildman–Crippen LogP) is 0.515. The zero-order chi connectivity index (χ0) is 11.8. The van der Waals surface area contributed by atoms with Crippen molar-refractivity contribution < 1.29 is 15.0 Å². The standard InChI is InChI=1S/C7H15NO2.C3H8O/c1-5(6(8)10)7(2,3)4-9;1-2-3-4/h5,9H,4H2,1-3H3,(H2,8,10);4H,2-3H2,1H3. The van der Waals surface area contributed by atoms with Gasteiger partial charge in [0.1, 0.15) is 0 Å². The number of rotatable bonds is 4. The van der Waals surface area contributed by atoms with Crippen LogP contribution >= 0.6 is 0 Å². The Morgan fingerprint density at radius 3 is 1.86 bits per heavy atom. The summed E-state index contributed by atoms with van der Waals surface area (Å²) in [4.78, 5) is 10.6. The van der Waals surface area contributed by atoms with Crippen LogP contribution in [-0.4, -0.2) is 29.3 Å². The van der Waals surface area contributed by atoms with Gasteiger partial charge in [-0.05, 0) is 11.8 Å². The Balaban J connectivity index is 0. The molecule has 0 spiro atoms. The van der Waals surface area contributed by atoms with Gasteiger partial charge in [0.2, 0.25) is 5.91 Å². The molecule has 0 aliphatic carbocycles. The van der Waals surface area contributed by atoms with Gasteiger partial charge in [0.15, 0.2) is 0 Å². The molecule has 86 valence electrons. The smallest absolute Gasteiger partial charge is 0.220 e. The average Bonchev–Trinajstić information content (AvgIpc) is 2.16. The third-order valence-electron chi connectivity index (χ3n) is 2.23. The summed E-state index contributed by atoms with van der Waals surface area (Å²) >= 11 is 0. The number of hydrogen-bond donors (Lipinski definition) is 3. The Bertz CT molecular complexity index is 155. The minimum absolute atomic E-state index is 0.0168. The summed E-state index contributed by atoms with van der Waals surface area (Å²) < 4.78 is 0. The van der Waals surface area contributed by atoms with E-state index in [1.54, 1.807) is 6.92 Å². The van der Waals surface area contributed by atoms with E-state index >= 15 is 0 Å². The highest BCUT2D eigenvalue weighted by Gasteiger charge is 2.28. The highest BCUT2D eigenvalue weighted by molar-refractivity contribution is 5.77. The monoisotopic (exact) mass is 205 g/mol. The van der Waals surface area contributed by atoms with E-state index < -0.39 is 5.41 Å². The van der Waals surface area contributed by atoms with Gasteiger partial charge in [0.25, 0.3) is 0 Å². The van der Waals surface area contributed by atoms with Gasteiger partial charge >= 0.3 is 0 Å². The molecule has 0 bridgehead atoms. The second-order valence-electron chi connectivity index (χ2n) is 3.99. The van der Waals surface area contributed by atoms with Crippen molar-refractivity contribution in [1.82, 2.24) is 0 Å². The lowest BCUT2D eigenvalue weighted by molar-refractivity contribution is -0.125. The molecule has 0 fully saturated rings. The summed E-state index contributed by atoms with van der Waals surface area (Å²) in [5.74, 6) is -0.642. The molecule has 4 nitrogen and oxygen atoms in total. The minimum atomic E-state index is -0.397. The fraction of sp³-hybridized carbons (Fsp3) is 0.900.